The van der Waals surface area contributed by atoms with Crippen molar-refractivity contribution in [1.29, 1.82) is 0 Å². The van der Waals surface area contributed by atoms with Gasteiger partial charge in [-0.1, -0.05) is 41.9 Å². The molecule has 7 heteroatoms. The fourth-order valence-electron chi connectivity index (χ4n) is 2.55. The number of rotatable bonds is 8. The van der Waals surface area contributed by atoms with Crippen molar-refractivity contribution in [3.63, 3.8) is 0 Å². The Bertz CT molecular complexity index is 1110. The minimum absolute atomic E-state index is 0.326. The topological polar surface area (TPSA) is 64.6 Å². The van der Waals surface area contributed by atoms with E-state index in [1.54, 1.807) is 61.7 Å². The average Bonchev–Trinajstić information content (AvgIpc) is 2.71. The normalized spacial score (nSPS) is 11.4. The highest BCUT2D eigenvalue weighted by Crippen LogP contribution is 2.21. The Labute approximate surface area is 175 Å². The molecule has 0 heterocycles. The van der Waals surface area contributed by atoms with Crippen molar-refractivity contribution in [3.8, 4) is 11.5 Å². The molecule has 0 aliphatic heterocycles. The Balaban J connectivity index is 1.65. The molecule has 0 saturated heterocycles. The molecule has 150 valence electrons. The van der Waals surface area contributed by atoms with Crippen molar-refractivity contribution < 1.29 is 17.9 Å². The molecule has 29 heavy (non-hydrogen) atoms. The van der Waals surface area contributed by atoms with Crippen LogP contribution >= 0.6 is 11.6 Å². The molecule has 3 aromatic carbocycles. The highest BCUT2D eigenvalue weighted by molar-refractivity contribution is 7.95. The number of anilines is 1. The minimum Gasteiger partial charge on any atom is -0.497 e. The third-order valence-electron chi connectivity index (χ3n) is 3.92. The van der Waals surface area contributed by atoms with Crippen LogP contribution in [0.5, 0.6) is 11.5 Å². The monoisotopic (exact) mass is 429 g/mol. The molecular weight excluding hydrogens is 410 g/mol. The quantitative estimate of drug-likeness (QED) is 0.525. The van der Waals surface area contributed by atoms with Gasteiger partial charge < -0.3 is 9.47 Å². The Hall–Kier alpha value is -2.96. The predicted molar refractivity (Wildman–Crippen MR) is 117 cm³/mol. The van der Waals surface area contributed by atoms with Crippen LogP contribution in [-0.2, 0) is 16.6 Å². The first-order valence-corrected chi connectivity index (χ1v) is 10.7. The first kappa shape index (κ1) is 20.8. The van der Waals surface area contributed by atoms with Crippen LogP contribution in [-0.4, -0.2) is 15.5 Å². The van der Waals surface area contributed by atoms with E-state index in [1.165, 1.54) is 6.08 Å². The molecule has 0 unspecified atom stereocenters. The van der Waals surface area contributed by atoms with E-state index in [1.807, 2.05) is 18.2 Å². The number of halogens is 1. The van der Waals surface area contributed by atoms with Gasteiger partial charge in [0.2, 0.25) is 0 Å². The summed E-state index contributed by atoms with van der Waals surface area (Å²) < 4.78 is 38.1. The number of hydrogen-bond acceptors (Lipinski definition) is 4. The predicted octanol–water partition coefficient (Wildman–Crippen LogP) is 5.34. The summed E-state index contributed by atoms with van der Waals surface area (Å²) >= 11 is 5.97. The third-order valence-corrected chi connectivity index (χ3v) is 5.17. The minimum atomic E-state index is -3.69. The van der Waals surface area contributed by atoms with Crippen LogP contribution < -0.4 is 14.2 Å². The Morgan fingerprint density at radius 1 is 0.966 bits per heavy atom. The van der Waals surface area contributed by atoms with Gasteiger partial charge in [0.1, 0.15) is 18.1 Å². The van der Waals surface area contributed by atoms with Gasteiger partial charge in [0.25, 0.3) is 10.0 Å². The summed E-state index contributed by atoms with van der Waals surface area (Å²) in [4.78, 5) is 0. The molecule has 5 nitrogen and oxygen atoms in total. The molecule has 0 bridgehead atoms. The molecule has 1 N–H and O–H groups in total. The SMILES string of the molecule is COc1cccc(/C=C/S(=O)(=O)Nc2cccc(OCc3cccc(Cl)c3)c2)c1. The van der Waals surface area contributed by atoms with Crippen LogP contribution in [0, 0.1) is 0 Å². The van der Waals surface area contributed by atoms with E-state index in [2.05, 4.69) is 4.72 Å². The summed E-state index contributed by atoms with van der Waals surface area (Å²) in [6.07, 6.45) is 1.50. The van der Waals surface area contributed by atoms with Gasteiger partial charge in [0.15, 0.2) is 0 Å². The van der Waals surface area contributed by atoms with Crippen molar-refractivity contribution in [2.45, 2.75) is 6.61 Å². The molecule has 0 aliphatic rings. The number of methoxy groups -OCH3 is 1. The lowest BCUT2D eigenvalue weighted by atomic mass is 10.2. The zero-order chi connectivity index (χ0) is 20.7. The maximum absolute atomic E-state index is 12.4. The molecule has 3 rings (SSSR count). The van der Waals surface area contributed by atoms with Gasteiger partial charge in [-0.05, 0) is 53.6 Å². The Kier molecular flexibility index (Phi) is 6.80. The third kappa shape index (κ3) is 6.55. The second kappa shape index (κ2) is 9.49. The molecule has 3 aromatic rings. The number of benzene rings is 3. The fourth-order valence-corrected chi connectivity index (χ4v) is 3.63. The van der Waals surface area contributed by atoms with Gasteiger partial charge >= 0.3 is 0 Å². The Morgan fingerprint density at radius 2 is 1.72 bits per heavy atom. The molecule has 0 aromatic heterocycles. The van der Waals surface area contributed by atoms with Crippen molar-refractivity contribution in [2.24, 2.45) is 0 Å². The van der Waals surface area contributed by atoms with Gasteiger partial charge in [-0.15, -0.1) is 0 Å². The van der Waals surface area contributed by atoms with E-state index in [9.17, 15) is 8.42 Å². The largest absolute Gasteiger partial charge is 0.497 e. The van der Waals surface area contributed by atoms with Crippen molar-refractivity contribution in [3.05, 3.63) is 94.4 Å². The Morgan fingerprint density at radius 3 is 2.52 bits per heavy atom. The highest BCUT2D eigenvalue weighted by atomic mass is 35.5. The van der Waals surface area contributed by atoms with E-state index in [0.29, 0.717) is 34.4 Å². The van der Waals surface area contributed by atoms with Crippen molar-refractivity contribution in [1.82, 2.24) is 0 Å². The molecule has 0 fully saturated rings. The van der Waals surface area contributed by atoms with Crippen LogP contribution in [0.15, 0.2) is 78.2 Å². The van der Waals surface area contributed by atoms with Gasteiger partial charge in [-0.2, -0.15) is 0 Å². The molecule has 0 amide bonds. The summed E-state index contributed by atoms with van der Waals surface area (Å²) in [6, 6.07) is 21.2. The fraction of sp³-hybridized carbons (Fsp3) is 0.0909. The number of nitrogens with one attached hydrogen (secondary N) is 1. The van der Waals surface area contributed by atoms with Crippen LogP contribution in [0.4, 0.5) is 5.69 Å². The summed E-state index contributed by atoms with van der Waals surface area (Å²) in [7, 11) is -2.13. The average molecular weight is 430 g/mol. The first-order valence-electron chi connectivity index (χ1n) is 8.76. The van der Waals surface area contributed by atoms with E-state index in [0.717, 1.165) is 11.0 Å². The molecule has 0 radical (unpaired) electrons. The van der Waals surface area contributed by atoms with Crippen LogP contribution in [0.1, 0.15) is 11.1 Å². The lowest BCUT2D eigenvalue weighted by Gasteiger charge is -2.09. The molecule has 0 aliphatic carbocycles. The van der Waals surface area contributed by atoms with Crippen LogP contribution in [0.3, 0.4) is 0 Å². The summed E-state index contributed by atoms with van der Waals surface area (Å²) in [5.41, 5.74) is 2.04. The van der Waals surface area contributed by atoms with Gasteiger partial charge in [0, 0.05) is 11.1 Å². The maximum Gasteiger partial charge on any atom is 0.255 e. The standard InChI is InChI=1S/C22H20ClNO4S/c1-27-21-9-3-5-17(14-21)11-12-29(25,26)24-20-8-4-10-22(15-20)28-16-18-6-2-7-19(23)13-18/h2-15,24H,16H2,1H3/b12-11+. The second-order valence-electron chi connectivity index (χ2n) is 6.17. The van der Waals surface area contributed by atoms with Gasteiger partial charge in [-0.25, -0.2) is 8.42 Å². The maximum atomic E-state index is 12.4. The van der Waals surface area contributed by atoms with Crippen LogP contribution in [0.25, 0.3) is 6.08 Å². The van der Waals surface area contributed by atoms with Gasteiger partial charge in [0.05, 0.1) is 18.2 Å². The zero-order valence-electron chi connectivity index (χ0n) is 15.7. The van der Waals surface area contributed by atoms with E-state index >= 15 is 0 Å². The van der Waals surface area contributed by atoms with Gasteiger partial charge in [-0.3, -0.25) is 4.72 Å². The number of ether oxygens (including phenoxy) is 2. The lowest BCUT2D eigenvalue weighted by Crippen LogP contribution is -2.09. The smallest absolute Gasteiger partial charge is 0.255 e. The van der Waals surface area contributed by atoms with Crippen molar-refractivity contribution >= 4 is 33.4 Å². The summed E-state index contributed by atoms with van der Waals surface area (Å²) in [5.74, 6) is 1.20. The summed E-state index contributed by atoms with van der Waals surface area (Å²) in [5, 5.41) is 1.75. The molecule has 0 saturated carbocycles. The summed E-state index contributed by atoms with van der Waals surface area (Å²) in [6.45, 7) is 0.326. The molecule has 0 atom stereocenters. The van der Waals surface area contributed by atoms with Crippen LogP contribution in [0.2, 0.25) is 5.02 Å². The zero-order valence-corrected chi connectivity index (χ0v) is 17.3. The van der Waals surface area contributed by atoms with E-state index < -0.39 is 10.0 Å². The molecular formula is C22H20ClNO4S. The molecule has 0 spiro atoms. The van der Waals surface area contributed by atoms with E-state index in [4.69, 9.17) is 21.1 Å². The lowest BCUT2D eigenvalue weighted by molar-refractivity contribution is 0.306. The number of sulfonamides is 1. The second-order valence-corrected chi connectivity index (χ2v) is 8.18. The first-order chi connectivity index (χ1) is 13.9. The van der Waals surface area contributed by atoms with E-state index in [-0.39, 0.29) is 0 Å². The number of hydrogen-bond donors (Lipinski definition) is 1. The van der Waals surface area contributed by atoms with Crippen molar-refractivity contribution in [2.75, 3.05) is 11.8 Å². The highest BCUT2D eigenvalue weighted by Gasteiger charge is 2.07.